The molecular weight excluding hydrogens is 330 g/mol. The Bertz CT molecular complexity index is 855. The number of amides is 1. The Morgan fingerprint density at radius 2 is 1.50 bits per heavy atom. The van der Waals surface area contributed by atoms with Crippen LogP contribution in [0.2, 0.25) is 0 Å². The summed E-state index contributed by atoms with van der Waals surface area (Å²) in [7, 11) is 1.30. The summed E-state index contributed by atoms with van der Waals surface area (Å²) < 4.78 is 4.69. The van der Waals surface area contributed by atoms with E-state index in [0.29, 0.717) is 16.8 Å². The molecule has 0 unspecified atom stereocenters. The van der Waals surface area contributed by atoms with Gasteiger partial charge in [0.1, 0.15) is 0 Å². The van der Waals surface area contributed by atoms with Crippen LogP contribution in [0.1, 0.15) is 50.2 Å². The van der Waals surface area contributed by atoms with Gasteiger partial charge in [0, 0.05) is 24.1 Å². The van der Waals surface area contributed by atoms with E-state index in [2.05, 4.69) is 10.1 Å². The van der Waals surface area contributed by atoms with Crippen molar-refractivity contribution < 1.29 is 19.1 Å². The number of rotatable bonds is 6. The van der Waals surface area contributed by atoms with E-state index in [1.165, 1.54) is 7.11 Å². The van der Waals surface area contributed by atoms with E-state index >= 15 is 0 Å². The highest BCUT2D eigenvalue weighted by Gasteiger charge is 2.13. The number of hydrogen-bond donors (Lipinski definition) is 1. The summed E-state index contributed by atoms with van der Waals surface area (Å²) in [5, 5.41) is 2.76. The second-order valence-electron chi connectivity index (χ2n) is 6.29. The molecule has 1 amide bonds. The van der Waals surface area contributed by atoms with Gasteiger partial charge in [0.05, 0.1) is 12.7 Å². The third-order valence-electron chi connectivity index (χ3n) is 4.34. The van der Waals surface area contributed by atoms with E-state index in [1.54, 1.807) is 24.3 Å². The minimum absolute atomic E-state index is 0.0664. The van der Waals surface area contributed by atoms with Crippen molar-refractivity contribution >= 4 is 23.3 Å². The maximum Gasteiger partial charge on any atom is 0.337 e. The van der Waals surface area contributed by atoms with Crippen molar-refractivity contribution in [1.29, 1.82) is 0 Å². The molecule has 0 saturated heterocycles. The van der Waals surface area contributed by atoms with Gasteiger partial charge in [-0.1, -0.05) is 18.2 Å². The van der Waals surface area contributed by atoms with Crippen molar-refractivity contribution in [1.82, 2.24) is 0 Å². The van der Waals surface area contributed by atoms with E-state index in [9.17, 15) is 14.4 Å². The van der Waals surface area contributed by atoms with E-state index < -0.39 is 5.97 Å². The molecule has 0 fully saturated rings. The Kier molecular flexibility index (Phi) is 6.28. The summed E-state index contributed by atoms with van der Waals surface area (Å²) >= 11 is 0. The Morgan fingerprint density at radius 3 is 2.15 bits per heavy atom. The third-order valence-corrected chi connectivity index (χ3v) is 4.34. The second kappa shape index (κ2) is 8.43. The van der Waals surface area contributed by atoms with Gasteiger partial charge in [0.25, 0.3) is 0 Å². The lowest BCUT2D eigenvalue weighted by molar-refractivity contribution is -0.116. The fourth-order valence-electron chi connectivity index (χ4n) is 2.50. The zero-order valence-electron chi connectivity index (χ0n) is 15.5. The highest BCUT2D eigenvalue weighted by atomic mass is 16.5. The molecule has 26 heavy (non-hydrogen) atoms. The number of anilines is 1. The molecule has 0 atom stereocenters. The maximum atomic E-state index is 12.3. The summed E-state index contributed by atoms with van der Waals surface area (Å²) in [5.74, 6) is -0.805. The number of benzene rings is 2. The van der Waals surface area contributed by atoms with Gasteiger partial charge in [-0.05, 0) is 55.7 Å². The zero-order valence-corrected chi connectivity index (χ0v) is 15.5. The van der Waals surface area contributed by atoms with Crippen molar-refractivity contribution in [3.63, 3.8) is 0 Å². The molecule has 0 heterocycles. The van der Waals surface area contributed by atoms with Crippen molar-refractivity contribution in [2.45, 2.75) is 33.6 Å². The van der Waals surface area contributed by atoms with Crippen LogP contribution in [0, 0.1) is 20.8 Å². The number of ether oxygens (including phenoxy) is 1. The molecule has 0 aliphatic rings. The average molecular weight is 353 g/mol. The van der Waals surface area contributed by atoms with Gasteiger partial charge in [-0.3, -0.25) is 9.59 Å². The Hall–Kier alpha value is -2.95. The highest BCUT2D eigenvalue weighted by molar-refractivity contribution is 6.00. The van der Waals surface area contributed by atoms with E-state index in [0.717, 1.165) is 16.7 Å². The average Bonchev–Trinajstić information content (AvgIpc) is 2.63. The molecule has 5 nitrogen and oxygen atoms in total. The molecule has 2 aromatic carbocycles. The molecule has 0 bridgehead atoms. The summed E-state index contributed by atoms with van der Waals surface area (Å²) in [6, 6.07) is 10.5. The SMILES string of the molecule is COC(=O)c1ccc(C)c(NC(=O)CCC(=O)c2ccc(C)c(C)c2)c1. The number of aryl methyl sites for hydroxylation is 3. The number of Topliss-reactive ketones (excluding diaryl/α,β-unsaturated/α-hetero) is 1. The van der Waals surface area contributed by atoms with Gasteiger partial charge in [0.2, 0.25) is 5.91 Å². The van der Waals surface area contributed by atoms with Crippen LogP contribution in [0.3, 0.4) is 0 Å². The van der Waals surface area contributed by atoms with Crippen molar-refractivity contribution in [2.24, 2.45) is 0 Å². The van der Waals surface area contributed by atoms with Gasteiger partial charge < -0.3 is 10.1 Å². The quantitative estimate of drug-likeness (QED) is 0.629. The molecule has 5 heteroatoms. The van der Waals surface area contributed by atoms with Crippen LogP contribution >= 0.6 is 0 Å². The van der Waals surface area contributed by atoms with E-state index in [-0.39, 0.29) is 24.5 Å². The molecular formula is C21H23NO4. The molecule has 136 valence electrons. The molecule has 0 aliphatic heterocycles. The van der Waals surface area contributed by atoms with Crippen LogP contribution in [0.4, 0.5) is 5.69 Å². The summed E-state index contributed by atoms with van der Waals surface area (Å²) in [5.41, 5.74) is 4.52. The first-order valence-corrected chi connectivity index (χ1v) is 8.41. The molecule has 0 spiro atoms. The molecule has 0 aliphatic carbocycles. The fourth-order valence-corrected chi connectivity index (χ4v) is 2.50. The molecule has 0 aromatic heterocycles. The van der Waals surface area contributed by atoms with Crippen LogP contribution in [0.15, 0.2) is 36.4 Å². The van der Waals surface area contributed by atoms with Crippen LogP contribution in [-0.2, 0) is 9.53 Å². The Morgan fingerprint density at radius 1 is 0.846 bits per heavy atom. The van der Waals surface area contributed by atoms with Gasteiger partial charge in [-0.2, -0.15) is 0 Å². The standard InChI is InChI=1S/C21H23NO4/c1-13-5-7-16(11-15(13)3)19(23)9-10-20(24)22-18-12-17(21(25)26-4)8-6-14(18)2/h5-8,11-12H,9-10H2,1-4H3,(H,22,24). The predicted octanol–water partition coefficient (Wildman–Crippen LogP) is 4.00. The molecule has 1 N–H and O–H groups in total. The molecule has 0 saturated carbocycles. The highest BCUT2D eigenvalue weighted by Crippen LogP contribution is 2.18. The van der Waals surface area contributed by atoms with Crippen molar-refractivity contribution in [2.75, 3.05) is 12.4 Å². The van der Waals surface area contributed by atoms with Crippen LogP contribution in [0.25, 0.3) is 0 Å². The zero-order chi connectivity index (χ0) is 19.3. The normalized spacial score (nSPS) is 10.3. The second-order valence-corrected chi connectivity index (χ2v) is 6.29. The van der Waals surface area contributed by atoms with Crippen LogP contribution < -0.4 is 5.32 Å². The fraction of sp³-hybridized carbons (Fsp3) is 0.286. The molecule has 2 rings (SSSR count). The first-order chi connectivity index (χ1) is 12.3. The molecule has 0 radical (unpaired) electrons. The van der Waals surface area contributed by atoms with E-state index in [4.69, 9.17) is 0 Å². The lowest BCUT2D eigenvalue weighted by Gasteiger charge is -2.10. The number of hydrogen-bond acceptors (Lipinski definition) is 4. The number of carbonyl (C=O) groups is 3. The smallest absolute Gasteiger partial charge is 0.337 e. The monoisotopic (exact) mass is 353 g/mol. The van der Waals surface area contributed by atoms with Crippen LogP contribution in [0.5, 0.6) is 0 Å². The minimum atomic E-state index is -0.467. The number of esters is 1. The minimum Gasteiger partial charge on any atom is -0.465 e. The van der Waals surface area contributed by atoms with Crippen molar-refractivity contribution in [3.8, 4) is 0 Å². The summed E-state index contributed by atoms with van der Waals surface area (Å²) in [6.45, 7) is 5.77. The maximum absolute atomic E-state index is 12.3. The number of carbonyl (C=O) groups excluding carboxylic acids is 3. The largest absolute Gasteiger partial charge is 0.465 e. The van der Waals surface area contributed by atoms with E-state index in [1.807, 2.05) is 32.9 Å². The number of ketones is 1. The van der Waals surface area contributed by atoms with Gasteiger partial charge in [-0.15, -0.1) is 0 Å². The Balaban J connectivity index is 1.99. The molecule has 2 aromatic rings. The topological polar surface area (TPSA) is 72.5 Å². The van der Waals surface area contributed by atoms with Gasteiger partial charge in [-0.25, -0.2) is 4.79 Å². The lowest BCUT2D eigenvalue weighted by Crippen LogP contribution is -2.15. The lowest BCUT2D eigenvalue weighted by atomic mass is 10.0. The third kappa shape index (κ3) is 4.79. The van der Waals surface area contributed by atoms with Crippen LogP contribution in [-0.4, -0.2) is 24.8 Å². The Labute approximate surface area is 153 Å². The number of nitrogens with one attached hydrogen (secondary N) is 1. The number of methoxy groups -OCH3 is 1. The summed E-state index contributed by atoms with van der Waals surface area (Å²) in [4.78, 5) is 36.1. The first kappa shape index (κ1) is 19.4. The van der Waals surface area contributed by atoms with Gasteiger partial charge >= 0.3 is 5.97 Å². The summed E-state index contributed by atoms with van der Waals surface area (Å²) in [6.07, 6.45) is 0.206. The first-order valence-electron chi connectivity index (χ1n) is 8.41. The predicted molar refractivity (Wildman–Crippen MR) is 101 cm³/mol. The van der Waals surface area contributed by atoms with Crippen molar-refractivity contribution in [3.05, 3.63) is 64.2 Å². The van der Waals surface area contributed by atoms with Gasteiger partial charge in [0.15, 0.2) is 5.78 Å².